The molecule has 0 aliphatic heterocycles. The summed E-state index contributed by atoms with van der Waals surface area (Å²) in [4.78, 5) is 10.9. The van der Waals surface area contributed by atoms with Crippen molar-refractivity contribution >= 4 is 17.5 Å². The topological polar surface area (TPSA) is 81.1 Å². The molecule has 16 heavy (non-hydrogen) atoms. The first-order chi connectivity index (χ1) is 7.65. The molecule has 0 heterocycles. The third-order valence-electron chi connectivity index (χ3n) is 2.21. The Morgan fingerprint density at radius 2 is 2.19 bits per heavy atom. The van der Waals surface area contributed by atoms with Crippen molar-refractivity contribution < 1.29 is 4.79 Å². The van der Waals surface area contributed by atoms with Crippen LogP contribution in [0.4, 0.5) is 0 Å². The van der Waals surface area contributed by atoms with Crippen molar-refractivity contribution in [2.45, 2.75) is 13.0 Å². The monoisotopic (exact) mass is 241 g/mol. The summed E-state index contributed by atoms with van der Waals surface area (Å²) in [6.07, 6.45) is 0.928. The molecule has 1 rings (SSSR count). The molecule has 0 spiro atoms. The maximum Gasteiger partial charge on any atom is 0.248 e. The second-order valence-electron chi connectivity index (χ2n) is 3.49. The Kier molecular flexibility index (Phi) is 5.25. The van der Waals surface area contributed by atoms with E-state index in [2.05, 4.69) is 5.32 Å². The van der Waals surface area contributed by atoms with Crippen LogP contribution in [0.2, 0.25) is 5.02 Å². The van der Waals surface area contributed by atoms with Gasteiger partial charge in [0, 0.05) is 17.1 Å². The number of halogens is 1. The van der Waals surface area contributed by atoms with Gasteiger partial charge in [-0.15, -0.1) is 0 Å². The van der Waals surface area contributed by atoms with E-state index in [1.54, 1.807) is 18.2 Å². The zero-order valence-corrected chi connectivity index (χ0v) is 9.76. The van der Waals surface area contributed by atoms with Crippen LogP contribution < -0.4 is 16.8 Å². The van der Waals surface area contributed by atoms with Gasteiger partial charge in [0.25, 0.3) is 0 Å². The third-order valence-corrected chi connectivity index (χ3v) is 2.56. The summed E-state index contributed by atoms with van der Waals surface area (Å²) in [6.45, 7) is 2.18. The molecule has 0 fully saturated rings. The zero-order chi connectivity index (χ0) is 12.0. The first-order valence-electron chi connectivity index (χ1n) is 5.14. The fourth-order valence-electron chi connectivity index (χ4n) is 1.29. The van der Waals surface area contributed by atoms with Gasteiger partial charge in [-0.2, -0.15) is 0 Å². The molecular formula is C11H16ClN3O. The Morgan fingerprint density at radius 1 is 1.44 bits per heavy atom. The van der Waals surface area contributed by atoms with Crippen molar-refractivity contribution in [2.24, 2.45) is 11.5 Å². The van der Waals surface area contributed by atoms with E-state index in [4.69, 9.17) is 23.1 Å². The average molecular weight is 242 g/mol. The molecule has 4 nitrogen and oxygen atoms in total. The lowest BCUT2D eigenvalue weighted by molar-refractivity contribution is 0.100. The third kappa shape index (κ3) is 3.81. The van der Waals surface area contributed by atoms with Crippen LogP contribution in [0.25, 0.3) is 0 Å². The van der Waals surface area contributed by atoms with Crippen LogP contribution in [0.15, 0.2) is 18.2 Å². The maximum atomic E-state index is 10.9. The van der Waals surface area contributed by atoms with Crippen LogP contribution in [-0.2, 0) is 6.54 Å². The number of nitrogens with one attached hydrogen (secondary N) is 1. The highest BCUT2D eigenvalue weighted by Gasteiger charge is 2.04. The molecule has 0 unspecified atom stereocenters. The highest BCUT2D eigenvalue weighted by Crippen LogP contribution is 2.17. The van der Waals surface area contributed by atoms with Gasteiger partial charge in [-0.3, -0.25) is 4.79 Å². The van der Waals surface area contributed by atoms with Gasteiger partial charge in [-0.05, 0) is 37.2 Å². The second kappa shape index (κ2) is 6.48. The van der Waals surface area contributed by atoms with Gasteiger partial charge in [0.15, 0.2) is 0 Å². The number of primary amides is 1. The van der Waals surface area contributed by atoms with Crippen molar-refractivity contribution in [3.63, 3.8) is 0 Å². The fourth-order valence-corrected chi connectivity index (χ4v) is 1.54. The lowest BCUT2D eigenvalue weighted by atomic mass is 10.1. The van der Waals surface area contributed by atoms with Crippen LogP contribution in [0.5, 0.6) is 0 Å². The molecule has 0 saturated heterocycles. The molecular weight excluding hydrogens is 226 g/mol. The lowest BCUT2D eigenvalue weighted by Gasteiger charge is -2.07. The highest BCUT2D eigenvalue weighted by molar-refractivity contribution is 6.31. The molecule has 0 aliphatic rings. The Bertz CT molecular complexity index is 368. The number of carbonyl (C=O) groups is 1. The second-order valence-corrected chi connectivity index (χ2v) is 3.90. The summed E-state index contributed by atoms with van der Waals surface area (Å²) >= 11 is 6.01. The van der Waals surface area contributed by atoms with E-state index in [0.29, 0.717) is 23.7 Å². The van der Waals surface area contributed by atoms with E-state index < -0.39 is 5.91 Å². The minimum Gasteiger partial charge on any atom is -0.366 e. The van der Waals surface area contributed by atoms with Crippen molar-refractivity contribution in [2.75, 3.05) is 13.1 Å². The number of rotatable bonds is 6. The standard InChI is InChI=1S/C11H16ClN3O/c12-10-6-8(11(14)16)2-3-9(10)7-15-5-1-4-13/h2-3,6,15H,1,4-5,7,13H2,(H2,14,16). The van der Waals surface area contributed by atoms with Crippen molar-refractivity contribution in [1.29, 1.82) is 0 Å². The van der Waals surface area contributed by atoms with E-state index >= 15 is 0 Å². The van der Waals surface area contributed by atoms with Gasteiger partial charge in [0.1, 0.15) is 0 Å². The molecule has 1 amide bonds. The summed E-state index contributed by atoms with van der Waals surface area (Å²) in [5, 5.41) is 3.76. The van der Waals surface area contributed by atoms with Gasteiger partial charge >= 0.3 is 0 Å². The van der Waals surface area contributed by atoms with Crippen LogP contribution >= 0.6 is 11.6 Å². The quantitative estimate of drug-likeness (QED) is 0.647. The van der Waals surface area contributed by atoms with Crippen LogP contribution in [0.1, 0.15) is 22.3 Å². The molecule has 1 aromatic carbocycles. The number of benzene rings is 1. The normalized spacial score (nSPS) is 10.4. The first kappa shape index (κ1) is 13.0. The number of nitrogens with two attached hydrogens (primary N) is 2. The molecule has 5 N–H and O–H groups in total. The molecule has 0 radical (unpaired) electrons. The van der Waals surface area contributed by atoms with Crippen molar-refractivity contribution in [1.82, 2.24) is 5.32 Å². The Labute approximate surface area is 100.0 Å². The minimum absolute atomic E-state index is 0.427. The molecule has 0 aromatic heterocycles. The predicted molar refractivity (Wildman–Crippen MR) is 65.3 cm³/mol. The SMILES string of the molecule is NCCCNCc1ccc(C(N)=O)cc1Cl. The van der Waals surface area contributed by atoms with Gasteiger partial charge in [-0.25, -0.2) is 0 Å². The molecule has 1 aromatic rings. The lowest BCUT2D eigenvalue weighted by Crippen LogP contribution is -2.18. The molecule has 0 bridgehead atoms. The smallest absolute Gasteiger partial charge is 0.248 e. The molecule has 0 saturated carbocycles. The molecule has 5 heteroatoms. The fraction of sp³-hybridized carbons (Fsp3) is 0.364. The van der Waals surface area contributed by atoms with Gasteiger partial charge in [0.2, 0.25) is 5.91 Å². The highest BCUT2D eigenvalue weighted by atomic mass is 35.5. The summed E-state index contributed by atoms with van der Waals surface area (Å²) in [7, 11) is 0. The van der Waals surface area contributed by atoms with Crippen molar-refractivity contribution in [3.05, 3.63) is 34.3 Å². The summed E-state index contributed by atoms with van der Waals surface area (Å²) in [5.41, 5.74) is 11.9. The molecule has 0 aliphatic carbocycles. The summed E-state index contributed by atoms with van der Waals surface area (Å²) < 4.78 is 0. The number of carbonyl (C=O) groups excluding carboxylic acids is 1. The van der Waals surface area contributed by atoms with Gasteiger partial charge in [-0.1, -0.05) is 17.7 Å². The number of hydrogen-bond acceptors (Lipinski definition) is 3. The minimum atomic E-state index is -0.468. The van der Waals surface area contributed by atoms with Gasteiger partial charge in [0.05, 0.1) is 0 Å². The van der Waals surface area contributed by atoms with E-state index in [9.17, 15) is 4.79 Å². The Hall–Kier alpha value is -1.10. The van der Waals surface area contributed by atoms with E-state index in [1.807, 2.05) is 0 Å². The number of amides is 1. The van der Waals surface area contributed by atoms with E-state index in [1.165, 1.54) is 0 Å². The van der Waals surface area contributed by atoms with Gasteiger partial charge < -0.3 is 16.8 Å². The summed E-state index contributed by atoms with van der Waals surface area (Å²) in [6, 6.07) is 5.07. The Balaban J connectivity index is 2.57. The maximum absolute atomic E-state index is 10.9. The predicted octanol–water partition coefficient (Wildman–Crippen LogP) is 0.877. The molecule has 88 valence electrons. The van der Waals surface area contributed by atoms with Crippen LogP contribution in [0.3, 0.4) is 0 Å². The number of hydrogen-bond donors (Lipinski definition) is 3. The summed E-state index contributed by atoms with van der Waals surface area (Å²) in [5.74, 6) is -0.468. The van der Waals surface area contributed by atoms with E-state index in [0.717, 1.165) is 18.5 Å². The van der Waals surface area contributed by atoms with Crippen molar-refractivity contribution in [3.8, 4) is 0 Å². The average Bonchev–Trinajstić information content (AvgIpc) is 2.26. The largest absolute Gasteiger partial charge is 0.366 e. The molecule has 0 atom stereocenters. The first-order valence-corrected chi connectivity index (χ1v) is 5.52. The zero-order valence-electron chi connectivity index (χ0n) is 9.00. The Morgan fingerprint density at radius 3 is 2.75 bits per heavy atom. The van der Waals surface area contributed by atoms with Crippen LogP contribution in [-0.4, -0.2) is 19.0 Å². The van der Waals surface area contributed by atoms with E-state index in [-0.39, 0.29) is 0 Å². The van der Waals surface area contributed by atoms with Crippen LogP contribution in [0, 0.1) is 0 Å².